The molecule has 0 radical (unpaired) electrons. The number of rotatable bonds is 4. The van der Waals surface area contributed by atoms with Gasteiger partial charge in [0, 0.05) is 5.69 Å². The van der Waals surface area contributed by atoms with Crippen LogP contribution in [0.15, 0.2) is 29.2 Å². The van der Waals surface area contributed by atoms with E-state index in [4.69, 9.17) is 4.18 Å². The van der Waals surface area contributed by atoms with Gasteiger partial charge in [0.1, 0.15) is 4.90 Å². The van der Waals surface area contributed by atoms with Crippen molar-refractivity contribution in [1.82, 2.24) is 4.98 Å². The lowest BCUT2D eigenvalue weighted by molar-refractivity contribution is 0.101. The molecule has 0 amide bonds. The minimum Gasteiger partial charge on any atom is -0.357 e. The van der Waals surface area contributed by atoms with E-state index in [1.165, 1.54) is 19.1 Å². The summed E-state index contributed by atoms with van der Waals surface area (Å²) in [5.41, 5.74) is 3.29. The predicted molar refractivity (Wildman–Crippen MR) is 87.4 cm³/mol. The maximum absolute atomic E-state index is 12.4. The molecule has 0 aliphatic carbocycles. The molecule has 0 aliphatic heterocycles. The van der Waals surface area contributed by atoms with E-state index in [9.17, 15) is 13.2 Å². The Kier molecular flexibility index (Phi) is 4.56. The van der Waals surface area contributed by atoms with Crippen LogP contribution in [0.3, 0.4) is 0 Å². The summed E-state index contributed by atoms with van der Waals surface area (Å²) in [4.78, 5) is 16.1. The van der Waals surface area contributed by atoms with Crippen molar-refractivity contribution in [2.75, 3.05) is 0 Å². The van der Waals surface area contributed by atoms with Crippen LogP contribution in [0.1, 0.15) is 39.7 Å². The molecule has 6 heteroatoms. The van der Waals surface area contributed by atoms with Gasteiger partial charge in [-0.3, -0.25) is 4.79 Å². The van der Waals surface area contributed by atoms with Crippen molar-refractivity contribution < 1.29 is 17.4 Å². The molecule has 0 saturated carbocycles. The molecule has 23 heavy (non-hydrogen) atoms. The Hall–Kier alpha value is -2.21. The third-order valence-electron chi connectivity index (χ3n) is 3.81. The lowest BCUT2D eigenvalue weighted by Crippen LogP contribution is -2.15. The van der Waals surface area contributed by atoms with E-state index >= 15 is 0 Å². The molecule has 1 aromatic heterocycles. The molecule has 0 spiro atoms. The molecule has 1 aromatic carbocycles. The van der Waals surface area contributed by atoms with Crippen molar-refractivity contribution in [2.45, 2.75) is 39.5 Å². The van der Waals surface area contributed by atoms with Crippen molar-refractivity contribution in [2.24, 2.45) is 0 Å². The van der Waals surface area contributed by atoms with E-state index in [-0.39, 0.29) is 22.1 Å². The summed E-state index contributed by atoms with van der Waals surface area (Å²) < 4.78 is 30.0. The average Bonchev–Trinajstić information content (AvgIpc) is 2.44. The van der Waals surface area contributed by atoms with E-state index in [1.807, 2.05) is 13.8 Å². The highest BCUT2D eigenvalue weighted by Gasteiger charge is 2.24. The van der Waals surface area contributed by atoms with Crippen LogP contribution < -0.4 is 4.18 Å². The van der Waals surface area contributed by atoms with Gasteiger partial charge in [0.15, 0.2) is 5.78 Å². The standard InChI is InChI=1S/C17H19NO4S/c1-10-6-8-15(9-7-10)23(20,21)22-17-16(14(5)19)12(3)11(2)13(4)18-17/h6-9H,1-5H3. The summed E-state index contributed by atoms with van der Waals surface area (Å²) in [6.45, 7) is 8.57. The Morgan fingerprint density at radius 3 is 2.09 bits per heavy atom. The third kappa shape index (κ3) is 3.42. The first kappa shape index (κ1) is 17.1. The average molecular weight is 333 g/mol. The zero-order valence-corrected chi connectivity index (χ0v) is 14.6. The molecular formula is C17H19NO4S. The van der Waals surface area contributed by atoms with E-state index in [1.54, 1.807) is 26.0 Å². The van der Waals surface area contributed by atoms with Crippen LogP contribution in [0, 0.1) is 27.7 Å². The fourth-order valence-corrected chi connectivity index (χ4v) is 3.14. The summed E-state index contributed by atoms with van der Waals surface area (Å²) in [6, 6.07) is 6.29. The molecule has 0 unspecified atom stereocenters. The zero-order chi connectivity index (χ0) is 17.4. The topological polar surface area (TPSA) is 73.3 Å². The Morgan fingerprint density at radius 2 is 1.57 bits per heavy atom. The number of pyridine rings is 1. The molecule has 0 saturated heterocycles. The first-order valence-corrected chi connectivity index (χ1v) is 8.54. The number of nitrogens with zero attached hydrogens (tertiary/aromatic N) is 1. The second-order valence-electron chi connectivity index (χ2n) is 5.53. The maximum Gasteiger partial charge on any atom is 0.340 e. The van der Waals surface area contributed by atoms with Crippen molar-refractivity contribution in [1.29, 1.82) is 0 Å². The number of ketones is 1. The molecule has 1 heterocycles. The summed E-state index contributed by atoms with van der Waals surface area (Å²) in [5.74, 6) is -0.453. The van der Waals surface area contributed by atoms with Crippen LogP contribution in [0.25, 0.3) is 0 Å². The Balaban J connectivity index is 2.55. The number of aryl methyl sites for hydroxylation is 2. The van der Waals surface area contributed by atoms with Crippen molar-refractivity contribution in [3.8, 4) is 5.88 Å². The molecule has 5 nitrogen and oxygen atoms in total. The molecule has 0 fully saturated rings. The van der Waals surface area contributed by atoms with Crippen molar-refractivity contribution in [3.05, 3.63) is 52.2 Å². The van der Waals surface area contributed by atoms with Crippen molar-refractivity contribution >= 4 is 15.9 Å². The molecule has 0 N–H and O–H groups in total. The maximum atomic E-state index is 12.4. The highest BCUT2D eigenvalue weighted by molar-refractivity contribution is 7.87. The third-order valence-corrected chi connectivity index (χ3v) is 5.04. The SMILES string of the molecule is CC(=O)c1c(OS(=O)(=O)c2ccc(C)cc2)nc(C)c(C)c1C. The van der Waals surface area contributed by atoms with Crippen LogP contribution in [0.2, 0.25) is 0 Å². The molecule has 2 rings (SSSR count). The monoisotopic (exact) mass is 333 g/mol. The van der Waals surface area contributed by atoms with Crippen molar-refractivity contribution in [3.63, 3.8) is 0 Å². The van der Waals surface area contributed by atoms with E-state index in [0.29, 0.717) is 11.3 Å². The largest absolute Gasteiger partial charge is 0.357 e. The van der Waals surface area contributed by atoms with Gasteiger partial charge in [-0.25, -0.2) is 4.98 Å². The van der Waals surface area contributed by atoms with Gasteiger partial charge in [-0.1, -0.05) is 17.7 Å². The number of benzene rings is 1. The van der Waals surface area contributed by atoms with Crippen LogP contribution in [0.4, 0.5) is 0 Å². The van der Waals surface area contributed by atoms with Gasteiger partial charge in [-0.15, -0.1) is 0 Å². The van der Waals surface area contributed by atoms with Gasteiger partial charge in [0.25, 0.3) is 0 Å². The van der Waals surface area contributed by atoms with Crippen LogP contribution in [-0.4, -0.2) is 19.2 Å². The molecular weight excluding hydrogens is 314 g/mol. The summed E-state index contributed by atoms with van der Waals surface area (Å²) >= 11 is 0. The van der Waals surface area contributed by atoms with E-state index in [0.717, 1.165) is 11.1 Å². The number of aromatic nitrogens is 1. The van der Waals surface area contributed by atoms with Gasteiger partial charge in [0.2, 0.25) is 5.88 Å². The molecule has 0 atom stereocenters. The highest BCUT2D eigenvalue weighted by Crippen LogP contribution is 2.27. The fraction of sp³-hybridized carbons (Fsp3) is 0.294. The first-order valence-electron chi connectivity index (χ1n) is 7.13. The van der Waals surface area contributed by atoms with Crippen LogP contribution >= 0.6 is 0 Å². The molecule has 2 aromatic rings. The summed E-state index contributed by atoms with van der Waals surface area (Å²) in [7, 11) is -4.05. The minimum atomic E-state index is -4.05. The number of hydrogen-bond acceptors (Lipinski definition) is 5. The number of hydrogen-bond donors (Lipinski definition) is 0. The van der Waals surface area contributed by atoms with Gasteiger partial charge in [0.05, 0.1) is 5.56 Å². The summed E-state index contributed by atoms with van der Waals surface area (Å²) in [6.07, 6.45) is 0. The second kappa shape index (κ2) is 6.12. The second-order valence-corrected chi connectivity index (χ2v) is 7.08. The number of Topliss-reactive ketones (excluding diaryl/α,β-unsaturated/α-hetero) is 1. The minimum absolute atomic E-state index is 0.0234. The quantitative estimate of drug-likeness (QED) is 0.634. The Bertz CT molecular complexity index is 868. The van der Waals surface area contributed by atoms with E-state index in [2.05, 4.69) is 4.98 Å². The predicted octanol–water partition coefficient (Wildman–Crippen LogP) is 3.29. The smallest absolute Gasteiger partial charge is 0.340 e. The van der Waals surface area contributed by atoms with Gasteiger partial charge < -0.3 is 4.18 Å². The number of carbonyl (C=O) groups excluding carboxylic acids is 1. The number of carbonyl (C=O) groups is 1. The Morgan fingerprint density at radius 1 is 1.00 bits per heavy atom. The molecule has 0 bridgehead atoms. The van der Waals surface area contributed by atoms with Crippen LogP contribution in [-0.2, 0) is 10.1 Å². The first-order chi connectivity index (χ1) is 10.6. The fourth-order valence-electron chi connectivity index (χ4n) is 2.24. The highest BCUT2D eigenvalue weighted by atomic mass is 32.2. The molecule has 0 aliphatic rings. The molecule has 122 valence electrons. The van der Waals surface area contributed by atoms with Gasteiger partial charge in [-0.2, -0.15) is 8.42 Å². The van der Waals surface area contributed by atoms with E-state index < -0.39 is 10.1 Å². The lowest BCUT2D eigenvalue weighted by atomic mass is 10.0. The lowest BCUT2D eigenvalue weighted by Gasteiger charge is -2.14. The normalized spacial score (nSPS) is 11.3. The van der Waals surface area contributed by atoms with Gasteiger partial charge in [-0.05, 0) is 57.9 Å². The zero-order valence-electron chi connectivity index (χ0n) is 13.8. The Labute approximate surface area is 136 Å². The van der Waals surface area contributed by atoms with Crippen LogP contribution in [0.5, 0.6) is 5.88 Å². The summed E-state index contributed by atoms with van der Waals surface area (Å²) in [5, 5.41) is 0. The van der Waals surface area contributed by atoms with Gasteiger partial charge >= 0.3 is 10.1 Å².